The molecule has 1 aromatic carbocycles. The van der Waals surface area contributed by atoms with E-state index in [4.69, 9.17) is 10.00 Å². The SMILES string of the molecule is CCCOc1ccc(-c2ccc(C#N)cn2)cc1. The number of nitrogens with zero attached hydrogens (tertiary/aromatic N) is 2. The molecule has 18 heavy (non-hydrogen) atoms. The molecule has 3 nitrogen and oxygen atoms in total. The molecule has 2 aromatic rings. The predicted octanol–water partition coefficient (Wildman–Crippen LogP) is 3.41. The van der Waals surface area contributed by atoms with Crippen LogP contribution in [0, 0.1) is 11.3 Å². The molecule has 0 aliphatic heterocycles. The normalized spacial score (nSPS) is 9.78. The molecule has 0 saturated carbocycles. The molecule has 0 spiro atoms. The van der Waals surface area contributed by atoms with Crippen molar-refractivity contribution in [2.75, 3.05) is 6.61 Å². The van der Waals surface area contributed by atoms with E-state index in [9.17, 15) is 0 Å². The van der Waals surface area contributed by atoms with E-state index in [2.05, 4.69) is 18.0 Å². The van der Waals surface area contributed by atoms with Gasteiger partial charge in [0.15, 0.2) is 0 Å². The van der Waals surface area contributed by atoms with Crippen molar-refractivity contribution in [3.63, 3.8) is 0 Å². The zero-order valence-corrected chi connectivity index (χ0v) is 10.3. The fourth-order valence-electron chi connectivity index (χ4n) is 1.57. The van der Waals surface area contributed by atoms with Gasteiger partial charge in [-0.05, 0) is 42.8 Å². The zero-order chi connectivity index (χ0) is 12.8. The summed E-state index contributed by atoms with van der Waals surface area (Å²) in [4.78, 5) is 4.25. The van der Waals surface area contributed by atoms with E-state index < -0.39 is 0 Å². The van der Waals surface area contributed by atoms with Crippen LogP contribution >= 0.6 is 0 Å². The molecular weight excluding hydrogens is 224 g/mol. The molecule has 1 heterocycles. The fraction of sp³-hybridized carbons (Fsp3) is 0.200. The maximum atomic E-state index is 8.71. The van der Waals surface area contributed by atoms with Crippen LogP contribution in [-0.2, 0) is 0 Å². The van der Waals surface area contributed by atoms with Crippen LogP contribution in [-0.4, -0.2) is 11.6 Å². The molecule has 1 aromatic heterocycles. The molecule has 0 N–H and O–H groups in total. The molecule has 0 atom stereocenters. The summed E-state index contributed by atoms with van der Waals surface area (Å²) >= 11 is 0. The van der Waals surface area contributed by atoms with E-state index in [1.165, 1.54) is 0 Å². The second-order valence-electron chi connectivity index (χ2n) is 3.92. The first kappa shape index (κ1) is 12.1. The predicted molar refractivity (Wildman–Crippen MR) is 70.2 cm³/mol. The highest BCUT2D eigenvalue weighted by molar-refractivity contribution is 5.60. The lowest BCUT2D eigenvalue weighted by Crippen LogP contribution is -1.94. The van der Waals surface area contributed by atoms with E-state index in [0.29, 0.717) is 5.56 Å². The van der Waals surface area contributed by atoms with Crippen LogP contribution in [0.3, 0.4) is 0 Å². The first-order valence-electron chi connectivity index (χ1n) is 5.93. The lowest BCUT2D eigenvalue weighted by atomic mass is 10.1. The minimum absolute atomic E-state index is 0.571. The van der Waals surface area contributed by atoms with Crippen LogP contribution in [0.25, 0.3) is 11.3 Å². The van der Waals surface area contributed by atoms with Gasteiger partial charge in [-0.15, -0.1) is 0 Å². The molecule has 0 amide bonds. The number of rotatable bonds is 4. The Kier molecular flexibility index (Phi) is 3.93. The number of pyridine rings is 1. The van der Waals surface area contributed by atoms with Gasteiger partial charge in [-0.1, -0.05) is 6.92 Å². The Morgan fingerprint density at radius 3 is 2.50 bits per heavy atom. The molecule has 0 saturated heterocycles. The van der Waals surface area contributed by atoms with Gasteiger partial charge in [-0.25, -0.2) is 0 Å². The molecule has 0 bridgehead atoms. The van der Waals surface area contributed by atoms with Crippen molar-refractivity contribution in [3.8, 4) is 23.1 Å². The van der Waals surface area contributed by atoms with Crippen LogP contribution in [0.15, 0.2) is 42.6 Å². The molecular formula is C15H14N2O. The summed E-state index contributed by atoms with van der Waals surface area (Å²) in [5, 5.41) is 8.71. The highest BCUT2D eigenvalue weighted by atomic mass is 16.5. The average molecular weight is 238 g/mol. The summed E-state index contributed by atoms with van der Waals surface area (Å²) in [5.41, 5.74) is 2.45. The van der Waals surface area contributed by atoms with E-state index in [0.717, 1.165) is 30.0 Å². The third-order valence-corrected chi connectivity index (χ3v) is 2.52. The molecule has 90 valence electrons. The van der Waals surface area contributed by atoms with E-state index >= 15 is 0 Å². The minimum Gasteiger partial charge on any atom is -0.494 e. The first-order valence-corrected chi connectivity index (χ1v) is 5.93. The number of benzene rings is 1. The van der Waals surface area contributed by atoms with Gasteiger partial charge >= 0.3 is 0 Å². The highest BCUT2D eigenvalue weighted by Gasteiger charge is 2.00. The number of aromatic nitrogens is 1. The molecule has 0 radical (unpaired) electrons. The minimum atomic E-state index is 0.571. The van der Waals surface area contributed by atoms with Crippen LogP contribution in [0.1, 0.15) is 18.9 Å². The van der Waals surface area contributed by atoms with E-state index in [1.54, 1.807) is 12.3 Å². The van der Waals surface area contributed by atoms with Gasteiger partial charge in [0.1, 0.15) is 11.8 Å². The van der Waals surface area contributed by atoms with E-state index in [-0.39, 0.29) is 0 Å². The molecule has 0 aliphatic rings. The summed E-state index contributed by atoms with van der Waals surface area (Å²) < 4.78 is 5.52. The quantitative estimate of drug-likeness (QED) is 0.820. The third-order valence-electron chi connectivity index (χ3n) is 2.52. The Morgan fingerprint density at radius 2 is 1.94 bits per heavy atom. The topological polar surface area (TPSA) is 45.9 Å². The Labute approximate surface area is 107 Å². The smallest absolute Gasteiger partial charge is 0.119 e. The Bertz CT molecular complexity index is 538. The first-order chi connectivity index (χ1) is 8.83. The molecule has 2 rings (SSSR count). The second-order valence-corrected chi connectivity index (χ2v) is 3.92. The van der Waals surface area contributed by atoms with Crippen LogP contribution in [0.4, 0.5) is 0 Å². The van der Waals surface area contributed by atoms with Crippen LogP contribution < -0.4 is 4.74 Å². The lowest BCUT2D eigenvalue weighted by molar-refractivity contribution is 0.317. The lowest BCUT2D eigenvalue weighted by Gasteiger charge is -2.05. The maximum Gasteiger partial charge on any atom is 0.119 e. The van der Waals surface area contributed by atoms with Crippen molar-refractivity contribution in [2.45, 2.75) is 13.3 Å². The standard InChI is InChI=1S/C15H14N2O/c1-2-9-18-14-6-4-13(5-7-14)15-8-3-12(10-16)11-17-15/h3-8,11H,2,9H2,1H3. The van der Waals surface area contributed by atoms with Crippen molar-refractivity contribution in [3.05, 3.63) is 48.2 Å². The number of hydrogen-bond acceptors (Lipinski definition) is 3. The average Bonchev–Trinajstić information content (AvgIpc) is 2.46. The summed E-state index contributed by atoms with van der Waals surface area (Å²) in [6.07, 6.45) is 2.58. The molecule has 0 fully saturated rings. The fourth-order valence-corrected chi connectivity index (χ4v) is 1.57. The number of hydrogen-bond donors (Lipinski definition) is 0. The van der Waals surface area contributed by atoms with Crippen LogP contribution in [0.2, 0.25) is 0 Å². The summed E-state index contributed by atoms with van der Waals surface area (Å²) in [6, 6.07) is 13.5. The van der Waals surface area contributed by atoms with Gasteiger partial charge in [0.05, 0.1) is 17.9 Å². The highest BCUT2D eigenvalue weighted by Crippen LogP contribution is 2.20. The van der Waals surface area contributed by atoms with Crippen molar-refractivity contribution >= 4 is 0 Å². The van der Waals surface area contributed by atoms with E-state index in [1.807, 2.05) is 30.3 Å². The third kappa shape index (κ3) is 2.86. The van der Waals surface area contributed by atoms with Crippen molar-refractivity contribution in [1.82, 2.24) is 4.98 Å². The van der Waals surface area contributed by atoms with Gasteiger partial charge in [-0.3, -0.25) is 4.98 Å². The summed E-state index contributed by atoms with van der Waals surface area (Å²) in [6.45, 7) is 2.81. The summed E-state index contributed by atoms with van der Waals surface area (Å²) in [7, 11) is 0. The van der Waals surface area contributed by atoms with Gasteiger partial charge in [0.2, 0.25) is 0 Å². The van der Waals surface area contributed by atoms with Crippen molar-refractivity contribution in [1.29, 1.82) is 5.26 Å². The maximum absolute atomic E-state index is 8.71. The van der Waals surface area contributed by atoms with Gasteiger partial charge in [0, 0.05) is 11.8 Å². The van der Waals surface area contributed by atoms with Crippen LogP contribution in [0.5, 0.6) is 5.75 Å². The molecule has 0 aliphatic carbocycles. The Hall–Kier alpha value is -2.34. The number of nitriles is 1. The molecule has 0 unspecified atom stereocenters. The van der Waals surface area contributed by atoms with Gasteiger partial charge < -0.3 is 4.74 Å². The molecule has 3 heteroatoms. The monoisotopic (exact) mass is 238 g/mol. The summed E-state index contributed by atoms with van der Waals surface area (Å²) in [5.74, 6) is 0.870. The Morgan fingerprint density at radius 1 is 1.17 bits per heavy atom. The van der Waals surface area contributed by atoms with Crippen molar-refractivity contribution < 1.29 is 4.74 Å². The number of ether oxygens (including phenoxy) is 1. The zero-order valence-electron chi connectivity index (χ0n) is 10.3. The Balaban J connectivity index is 2.15. The largest absolute Gasteiger partial charge is 0.494 e. The van der Waals surface area contributed by atoms with Gasteiger partial charge in [0.25, 0.3) is 0 Å². The second kappa shape index (κ2) is 5.83. The van der Waals surface area contributed by atoms with Crippen molar-refractivity contribution in [2.24, 2.45) is 0 Å². The van der Waals surface area contributed by atoms with Gasteiger partial charge in [-0.2, -0.15) is 5.26 Å².